The van der Waals surface area contributed by atoms with Crippen LogP contribution >= 0.6 is 11.6 Å². The van der Waals surface area contributed by atoms with Gasteiger partial charge >= 0.3 is 5.97 Å². The number of rotatable bonds is 4. The standard InChI is InChI=1S/C16H16ClN3O2/c17-14-1-3-15(4-2-14)20-10-13(9-18-20)12-5-7-19(8-6-12)11-16(21)22/h1-5,9-10H,6-8,11H2,(H,21,22). The maximum Gasteiger partial charge on any atom is 0.317 e. The SMILES string of the molecule is O=C(O)CN1CC=C(c2cnn(-c3ccc(Cl)cc3)c2)CC1. The topological polar surface area (TPSA) is 58.4 Å². The summed E-state index contributed by atoms with van der Waals surface area (Å²) in [6, 6.07) is 7.51. The van der Waals surface area contributed by atoms with Crippen LogP contribution in [0.4, 0.5) is 0 Å². The molecule has 0 saturated carbocycles. The number of carbonyl (C=O) groups is 1. The minimum atomic E-state index is -0.785. The average molecular weight is 318 g/mol. The summed E-state index contributed by atoms with van der Waals surface area (Å²) in [5, 5.41) is 13.9. The number of halogens is 1. The minimum Gasteiger partial charge on any atom is -0.480 e. The lowest BCUT2D eigenvalue weighted by Crippen LogP contribution is -2.33. The Kier molecular flexibility index (Phi) is 4.27. The predicted octanol–water partition coefficient (Wildman–Crippen LogP) is 2.70. The van der Waals surface area contributed by atoms with Crippen LogP contribution in [-0.4, -0.2) is 45.4 Å². The van der Waals surface area contributed by atoms with E-state index in [9.17, 15) is 4.79 Å². The van der Waals surface area contributed by atoms with Gasteiger partial charge in [0.2, 0.25) is 0 Å². The van der Waals surface area contributed by atoms with Crippen LogP contribution in [0.3, 0.4) is 0 Å². The highest BCUT2D eigenvalue weighted by Gasteiger charge is 2.16. The van der Waals surface area contributed by atoms with E-state index in [1.165, 1.54) is 5.57 Å². The van der Waals surface area contributed by atoms with Gasteiger partial charge in [0.05, 0.1) is 18.4 Å². The molecule has 22 heavy (non-hydrogen) atoms. The Hall–Kier alpha value is -2.11. The monoisotopic (exact) mass is 317 g/mol. The number of hydrogen-bond donors (Lipinski definition) is 1. The summed E-state index contributed by atoms with van der Waals surface area (Å²) in [4.78, 5) is 12.6. The van der Waals surface area contributed by atoms with Crippen molar-refractivity contribution in [3.05, 3.63) is 53.3 Å². The van der Waals surface area contributed by atoms with Crippen LogP contribution in [0, 0.1) is 0 Å². The first-order valence-corrected chi connectivity index (χ1v) is 7.44. The van der Waals surface area contributed by atoms with Crippen molar-refractivity contribution in [2.24, 2.45) is 0 Å². The Morgan fingerprint density at radius 3 is 2.73 bits per heavy atom. The average Bonchev–Trinajstić information content (AvgIpc) is 2.98. The molecule has 0 radical (unpaired) electrons. The van der Waals surface area contributed by atoms with Crippen LogP contribution in [0.1, 0.15) is 12.0 Å². The van der Waals surface area contributed by atoms with Crippen LogP contribution in [-0.2, 0) is 4.79 Å². The lowest BCUT2D eigenvalue weighted by Gasteiger charge is -2.24. The summed E-state index contributed by atoms with van der Waals surface area (Å²) in [6.45, 7) is 1.51. The van der Waals surface area contributed by atoms with Crippen molar-refractivity contribution in [3.8, 4) is 5.69 Å². The second-order valence-electron chi connectivity index (χ2n) is 5.26. The zero-order valence-electron chi connectivity index (χ0n) is 11.9. The van der Waals surface area contributed by atoms with Crippen LogP contribution in [0.25, 0.3) is 11.3 Å². The summed E-state index contributed by atoms with van der Waals surface area (Å²) in [5.74, 6) is -0.785. The van der Waals surface area contributed by atoms with E-state index in [1.54, 1.807) is 0 Å². The zero-order valence-corrected chi connectivity index (χ0v) is 12.7. The Labute approximate surface area is 133 Å². The van der Waals surface area contributed by atoms with Crippen LogP contribution < -0.4 is 0 Å². The van der Waals surface area contributed by atoms with Crippen molar-refractivity contribution in [2.45, 2.75) is 6.42 Å². The fourth-order valence-corrected chi connectivity index (χ4v) is 2.66. The third kappa shape index (κ3) is 3.37. The summed E-state index contributed by atoms with van der Waals surface area (Å²) in [5.41, 5.74) is 3.24. The fraction of sp³-hybridized carbons (Fsp3) is 0.250. The molecule has 2 aromatic rings. The van der Waals surface area contributed by atoms with Gasteiger partial charge in [0.25, 0.3) is 0 Å². The highest BCUT2D eigenvalue weighted by molar-refractivity contribution is 6.30. The molecule has 0 bridgehead atoms. The maximum absolute atomic E-state index is 10.7. The van der Waals surface area contributed by atoms with Crippen molar-refractivity contribution < 1.29 is 9.90 Å². The first-order chi connectivity index (χ1) is 10.6. The van der Waals surface area contributed by atoms with Gasteiger partial charge in [-0.25, -0.2) is 4.68 Å². The molecule has 0 spiro atoms. The number of nitrogens with zero attached hydrogens (tertiary/aromatic N) is 3. The molecule has 0 atom stereocenters. The van der Waals surface area contributed by atoms with E-state index < -0.39 is 5.97 Å². The van der Waals surface area contributed by atoms with Gasteiger partial charge in [-0.3, -0.25) is 9.69 Å². The van der Waals surface area contributed by atoms with E-state index in [-0.39, 0.29) is 6.54 Å². The first kappa shape index (κ1) is 14.8. The second-order valence-corrected chi connectivity index (χ2v) is 5.69. The molecule has 1 N–H and O–H groups in total. The molecular formula is C16H16ClN3O2. The molecule has 0 fully saturated rings. The van der Waals surface area contributed by atoms with E-state index in [2.05, 4.69) is 11.2 Å². The molecule has 1 aromatic carbocycles. The molecule has 1 aromatic heterocycles. The Bertz CT molecular complexity index is 706. The molecule has 6 heteroatoms. The lowest BCUT2D eigenvalue weighted by molar-refractivity contribution is -0.138. The van der Waals surface area contributed by atoms with E-state index in [4.69, 9.17) is 16.7 Å². The Morgan fingerprint density at radius 2 is 2.09 bits per heavy atom. The summed E-state index contributed by atoms with van der Waals surface area (Å²) in [6.07, 6.45) is 6.74. The smallest absolute Gasteiger partial charge is 0.317 e. The molecule has 1 aliphatic rings. The normalized spacial score (nSPS) is 15.6. The van der Waals surface area contributed by atoms with Gasteiger partial charge in [-0.15, -0.1) is 0 Å². The Morgan fingerprint density at radius 1 is 1.32 bits per heavy atom. The maximum atomic E-state index is 10.7. The molecule has 0 aliphatic carbocycles. The molecular weight excluding hydrogens is 302 g/mol. The molecule has 0 unspecified atom stereocenters. The molecule has 0 amide bonds. The number of carboxylic acid groups (broad SMARTS) is 1. The summed E-state index contributed by atoms with van der Waals surface area (Å²) < 4.78 is 1.82. The van der Waals surface area contributed by atoms with Gasteiger partial charge in [0.15, 0.2) is 0 Å². The van der Waals surface area contributed by atoms with Crippen molar-refractivity contribution in [3.63, 3.8) is 0 Å². The molecule has 5 nitrogen and oxygen atoms in total. The van der Waals surface area contributed by atoms with E-state index in [0.717, 1.165) is 24.2 Å². The predicted molar refractivity (Wildman–Crippen MR) is 85.2 cm³/mol. The molecule has 2 heterocycles. The lowest BCUT2D eigenvalue weighted by atomic mass is 10.0. The van der Waals surface area contributed by atoms with Crippen molar-refractivity contribution in [1.82, 2.24) is 14.7 Å². The van der Waals surface area contributed by atoms with Gasteiger partial charge in [0.1, 0.15) is 0 Å². The molecule has 114 valence electrons. The highest BCUT2D eigenvalue weighted by atomic mass is 35.5. The summed E-state index contributed by atoms with van der Waals surface area (Å²) >= 11 is 5.89. The number of aromatic nitrogens is 2. The van der Waals surface area contributed by atoms with Gasteiger partial charge in [-0.1, -0.05) is 17.7 Å². The fourth-order valence-electron chi connectivity index (χ4n) is 2.53. The van der Waals surface area contributed by atoms with E-state index in [1.807, 2.05) is 46.2 Å². The van der Waals surface area contributed by atoms with Gasteiger partial charge in [-0.2, -0.15) is 5.10 Å². The molecule has 0 saturated heterocycles. The van der Waals surface area contributed by atoms with Crippen LogP contribution in [0.5, 0.6) is 0 Å². The molecule has 3 rings (SSSR count). The van der Waals surface area contributed by atoms with E-state index in [0.29, 0.717) is 11.6 Å². The number of carboxylic acids is 1. The Balaban J connectivity index is 1.73. The van der Waals surface area contributed by atoms with Gasteiger partial charge < -0.3 is 5.11 Å². The number of aliphatic carboxylic acids is 1. The second kappa shape index (κ2) is 6.34. The minimum absolute atomic E-state index is 0.0911. The quantitative estimate of drug-likeness (QED) is 0.942. The zero-order chi connectivity index (χ0) is 15.5. The summed E-state index contributed by atoms with van der Waals surface area (Å²) in [7, 11) is 0. The van der Waals surface area contributed by atoms with Gasteiger partial charge in [0, 0.05) is 29.9 Å². The number of hydrogen-bond acceptors (Lipinski definition) is 3. The third-order valence-electron chi connectivity index (χ3n) is 3.70. The third-order valence-corrected chi connectivity index (χ3v) is 3.95. The first-order valence-electron chi connectivity index (χ1n) is 7.06. The largest absolute Gasteiger partial charge is 0.480 e. The number of benzene rings is 1. The van der Waals surface area contributed by atoms with Crippen molar-refractivity contribution in [2.75, 3.05) is 19.6 Å². The highest BCUT2D eigenvalue weighted by Crippen LogP contribution is 2.23. The van der Waals surface area contributed by atoms with Crippen LogP contribution in [0.2, 0.25) is 5.02 Å². The molecule has 1 aliphatic heterocycles. The van der Waals surface area contributed by atoms with Crippen molar-refractivity contribution >= 4 is 23.1 Å². The van der Waals surface area contributed by atoms with Crippen molar-refractivity contribution in [1.29, 1.82) is 0 Å². The van der Waals surface area contributed by atoms with Gasteiger partial charge in [-0.05, 0) is 36.3 Å². The van der Waals surface area contributed by atoms with E-state index >= 15 is 0 Å². The van der Waals surface area contributed by atoms with Crippen LogP contribution in [0.15, 0.2) is 42.7 Å².